The van der Waals surface area contributed by atoms with Crippen molar-refractivity contribution in [1.29, 1.82) is 0 Å². The highest BCUT2D eigenvalue weighted by Gasteiger charge is 2.35. The van der Waals surface area contributed by atoms with E-state index in [0.717, 1.165) is 11.8 Å². The van der Waals surface area contributed by atoms with Crippen LogP contribution >= 0.6 is 0 Å². The van der Waals surface area contributed by atoms with Crippen molar-refractivity contribution in [3.05, 3.63) is 59.2 Å². The zero-order valence-electron chi connectivity index (χ0n) is 12.9. The van der Waals surface area contributed by atoms with Crippen molar-refractivity contribution in [1.82, 2.24) is 15.5 Å². The number of aryl methyl sites for hydroxylation is 1. The van der Waals surface area contributed by atoms with Gasteiger partial charge in [0, 0.05) is 25.1 Å². The Kier molecular flexibility index (Phi) is 3.65. The molecule has 1 aliphatic heterocycles. The van der Waals surface area contributed by atoms with Crippen LogP contribution in [0.3, 0.4) is 0 Å². The summed E-state index contributed by atoms with van der Waals surface area (Å²) in [7, 11) is 0. The summed E-state index contributed by atoms with van der Waals surface area (Å²) in [6, 6.07) is 7.23. The Balaban J connectivity index is 1.64. The lowest BCUT2D eigenvalue weighted by Gasteiger charge is -2.16. The van der Waals surface area contributed by atoms with Gasteiger partial charge in [-0.25, -0.2) is 8.78 Å². The Labute approximate surface area is 136 Å². The maximum absolute atomic E-state index is 14.1. The van der Waals surface area contributed by atoms with E-state index in [1.807, 2.05) is 13.0 Å². The number of halogens is 2. The van der Waals surface area contributed by atoms with E-state index in [9.17, 15) is 8.78 Å². The first-order valence-corrected chi connectivity index (χ1v) is 7.68. The van der Waals surface area contributed by atoms with Gasteiger partial charge in [0.05, 0.1) is 5.92 Å². The SMILES string of the molecule is Cc1ccc(-c2noc([C@@H]3CNC[C@H]3c3ccc(F)cc3F)n2)o1. The Hall–Kier alpha value is -2.54. The summed E-state index contributed by atoms with van der Waals surface area (Å²) in [5.74, 6) is 0.533. The molecule has 1 fully saturated rings. The summed E-state index contributed by atoms with van der Waals surface area (Å²) in [5, 5.41) is 7.15. The van der Waals surface area contributed by atoms with Gasteiger partial charge in [-0.3, -0.25) is 0 Å². The van der Waals surface area contributed by atoms with Crippen LogP contribution in [-0.4, -0.2) is 23.2 Å². The lowest BCUT2D eigenvalue weighted by atomic mass is 9.88. The largest absolute Gasteiger partial charge is 0.458 e. The fraction of sp³-hybridized carbons (Fsp3) is 0.294. The second-order valence-corrected chi connectivity index (χ2v) is 5.90. The van der Waals surface area contributed by atoms with Gasteiger partial charge in [-0.15, -0.1) is 0 Å². The molecule has 3 aromatic rings. The third-order valence-corrected chi connectivity index (χ3v) is 4.30. The first-order chi connectivity index (χ1) is 11.6. The van der Waals surface area contributed by atoms with E-state index in [1.165, 1.54) is 12.1 Å². The van der Waals surface area contributed by atoms with Crippen LogP contribution in [-0.2, 0) is 0 Å². The minimum Gasteiger partial charge on any atom is -0.458 e. The molecular formula is C17H15F2N3O2. The topological polar surface area (TPSA) is 64.1 Å². The lowest BCUT2D eigenvalue weighted by molar-refractivity contribution is 0.349. The van der Waals surface area contributed by atoms with E-state index in [0.29, 0.717) is 36.1 Å². The molecule has 124 valence electrons. The monoisotopic (exact) mass is 331 g/mol. The summed E-state index contributed by atoms with van der Waals surface area (Å²) in [6.07, 6.45) is 0. The van der Waals surface area contributed by atoms with Crippen LogP contribution in [0, 0.1) is 18.6 Å². The normalized spacial score (nSPS) is 20.6. The summed E-state index contributed by atoms with van der Waals surface area (Å²) in [6.45, 7) is 2.98. The third kappa shape index (κ3) is 2.60. The Morgan fingerprint density at radius 2 is 1.96 bits per heavy atom. The van der Waals surface area contributed by atoms with Crippen molar-refractivity contribution >= 4 is 0 Å². The Morgan fingerprint density at radius 1 is 1.12 bits per heavy atom. The van der Waals surface area contributed by atoms with Crippen molar-refractivity contribution in [3.8, 4) is 11.6 Å². The average molecular weight is 331 g/mol. The molecule has 0 saturated carbocycles. The molecule has 0 spiro atoms. The van der Waals surface area contributed by atoms with Crippen LogP contribution in [0.2, 0.25) is 0 Å². The van der Waals surface area contributed by atoms with Crippen LogP contribution in [0.5, 0.6) is 0 Å². The molecule has 2 aromatic heterocycles. The molecule has 0 bridgehead atoms. The summed E-state index contributed by atoms with van der Waals surface area (Å²) < 4.78 is 38.1. The van der Waals surface area contributed by atoms with Gasteiger partial charge < -0.3 is 14.3 Å². The standard InChI is InChI=1S/C17H15F2N3O2/c1-9-2-5-15(23-9)16-21-17(24-22-16)13-8-20-7-12(13)11-4-3-10(18)6-14(11)19/h2-6,12-13,20H,7-8H2,1H3/t12-,13+/m0/s1. The summed E-state index contributed by atoms with van der Waals surface area (Å²) in [4.78, 5) is 4.39. The van der Waals surface area contributed by atoms with Crippen molar-refractivity contribution in [3.63, 3.8) is 0 Å². The van der Waals surface area contributed by atoms with Gasteiger partial charge in [-0.05, 0) is 30.7 Å². The van der Waals surface area contributed by atoms with Gasteiger partial charge in [-0.1, -0.05) is 11.2 Å². The molecule has 1 N–H and O–H groups in total. The highest BCUT2D eigenvalue weighted by atomic mass is 19.1. The quantitative estimate of drug-likeness (QED) is 0.797. The van der Waals surface area contributed by atoms with Crippen molar-refractivity contribution < 1.29 is 17.7 Å². The predicted molar refractivity (Wildman–Crippen MR) is 81.4 cm³/mol. The van der Waals surface area contributed by atoms with Gasteiger partial charge in [0.15, 0.2) is 5.76 Å². The molecule has 24 heavy (non-hydrogen) atoms. The fourth-order valence-corrected chi connectivity index (χ4v) is 3.11. The van der Waals surface area contributed by atoms with Crippen LogP contribution in [0.15, 0.2) is 39.3 Å². The number of hydrogen-bond acceptors (Lipinski definition) is 5. The minimum absolute atomic E-state index is 0.178. The number of nitrogens with zero attached hydrogens (tertiary/aromatic N) is 2. The van der Waals surface area contributed by atoms with E-state index in [1.54, 1.807) is 6.07 Å². The molecule has 0 radical (unpaired) electrons. The second kappa shape index (κ2) is 5.83. The van der Waals surface area contributed by atoms with E-state index < -0.39 is 11.6 Å². The van der Waals surface area contributed by atoms with Crippen molar-refractivity contribution in [2.24, 2.45) is 0 Å². The molecule has 1 aliphatic rings. The van der Waals surface area contributed by atoms with Crippen LogP contribution in [0.25, 0.3) is 11.6 Å². The summed E-state index contributed by atoms with van der Waals surface area (Å²) >= 11 is 0. The number of furan rings is 1. The molecule has 0 amide bonds. The number of rotatable bonds is 3. The number of hydrogen-bond donors (Lipinski definition) is 1. The first-order valence-electron chi connectivity index (χ1n) is 7.68. The lowest BCUT2D eigenvalue weighted by Crippen LogP contribution is -2.11. The number of aromatic nitrogens is 2. The van der Waals surface area contributed by atoms with Crippen LogP contribution < -0.4 is 5.32 Å². The van der Waals surface area contributed by atoms with E-state index in [4.69, 9.17) is 8.94 Å². The molecule has 3 heterocycles. The highest BCUT2D eigenvalue weighted by molar-refractivity contribution is 5.46. The molecule has 1 aromatic carbocycles. The maximum Gasteiger partial charge on any atom is 0.238 e. The number of nitrogens with one attached hydrogen (secondary N) is 1. The molecule has 1 saturated heterocycles. The van der Waals surface area contributed by atoms with Gasteiger partial charge in [-0.2, -0.15) is 4.98 Å². The fourth-order valence-electron chi connectivity index (χ4n) is 3.11. The maximum atomic E-state index is 14.1. The van der Waals surface area contributed by atoms with E-state index >= 15 is 0 Å². The van der Waals surface area contributed by atoms with E-state index in [2.05, 4.69) is 15.5 Å². The molecule has 5 nitrogen and oxygen atoms in total. The highest BCUT2D eigenvalue weighted by Crippen LogP contribution is 2.37. The van der Waals surface area contributed by atoms with Crippen molar-refractivity contribution in [2.75, 3.05) is 13.1 Å². The molecule has 2 atom stereocenters. The Morgan fingerprint density at radius 3 is 2.71 bits per heavy atom. The third-order valence-electron chi connectivity index (χ3n) is 4.30. The molecular weight excluding hydrogens is 316 g/mol. The van der Waals surface area contributed by atoms with Gasteiger partial charge in [0.25, 0.3) is 0 Å². The van der Waals surface area contributed by atoms with E-state index in [-0.39, 0.29) is 11.8 Å². The zero-order chi connectivity index (χ0) is 16.7. The molecule has 0 unspecified atom stereocenters. The molecule has 7 heteroatoms. The van der Waals surface area contributed by atoms with Crippen molar-refractivity contribution in [2.45, 2.75) is 18.8 Å². The van der Waals surface area contributed by atoms with Gasteiger partial charge in [0.1, 0.15) is 17.4 Å². The van der Waals surface area contributed by atoms with Crippen LogP contribution in [0.4, 0.5) is 8.78 Å². The van der Waals surface area contributed by atoms with Gasteiger partial charge in [0.2, 0.25) is 11.7 Å². The Bertz CT molecular complexity index is 874. The molecule has 4 rings (SSSR count). The minimum atomic E-state index is -0.591. The predicted octanol–water partition coefficient (Wildman–Crippen LogP) is 3.39. The number of benzene rings is 1. The molecule has 0 aliphatic carbocycles. The summed E-state index contributed by atoms with van der Waals surface area (Å²) in [5.41, 5.74) is 0.444. The van der Waals surface area contributed by atoms with Crippen LogP contribution in [0.1, 0.15) is 29.1 Å². The second-order valence-electron chi connectivity index (χ2n) is 5.90. The average Bonchev–Trinajstić information content (AvgIpc) is 3.25. The first kappa shape index (κ1) is 15.0. The smallest absolute Gasteiger partial charge is 0.238 e. The van der Waals surface area contributed by atoms with Gasteiger partial charge >= 0.3 is 0 Å². The zero-order valence-corrected chi connectivity index (χ0v) is 12.9.